The molecule has 10 heteroatoms. The van der Waals surface area contributed by atoms with Crippen molar-refractivity contribution < 1.29 is 4.39 Å². The SMILES string of the molecule is Cl.Fc1ccc(-c2ccnc3c(-c4cccc5[nH]ncc45)c(-c4ccncc4)nn23)c(N2C[C@@H]3C[C@H]2CN3)c1. The van der Waals surface area contributed by atoms with E-state index in [2.05, 4.69) is 31.5 Å². The van der Waals surface area contributed by atoms with Crippen molar-refractivity contribution in [2.75, 3.05) is 18.0 Å². The molecule has 0 unspecified atom stereocenters. The Balaban J connectivity index is 0.00000253. The van der Waals surface area contributed by atoms with Gasteiger partial charge in [-0.15, -0.1) is 12.4 Å². The molecule has 2 N–H and O–H groups in total. The van der Waals surface area contributed by atoms with Gasteiger partial charge in [0.2, 0.25) is 0 Å². The highest BCUT2D eigenvalue weighted by Crippen LogP contribution is 2.41. The van der Waals surface area contributed by atoms with E-state index in [9.17, 15) is 4.39 Å². The highest BCUT2D eigenvalue weighted by molar-refractivity contribution is 6.03. The number of anilines is 1. The third-order valence-corrected chi connectivity index (χ3v) is 7.83. The van der Waals surface area contributed by atoms with Crippen LogP contribution in [0.1, 0.15) is 6.42 Å². The number of H-pyrrole nitrogens is 1. The quantitative estimate of drug-likeness (QED) is 0.324. The molecule has 2 saturated heterocycles. The number of hydrogen-bond acceptors (Lipinski definition) is 6. The van der Waals surface area contributed by atoms with Crippen LogP contribution in [0.25, 0.3) is 50.2 Å². The van der Waals surface area contributed by atoms with Crippen molar-refractivity contribution >= 4 is 34.6 Å². The Kier molecular flexibility index (Phi) is 5.57. The molecule has 0 aliphatic carbocycles. The number of aromatic nitrogens is 6. The Bertz CT molecular complexity index is 1830. The van der Waals surface area contributed by atoms with Crippen LogP contribution in [0.2, 0.25) is 0 Å². The van der Waals surface area contributed by atoms with E-state index < -0.39 is 0 Å². The monoisotopic (exact) mass is 538 g/mol. The summed E-state index contributed by atoms with van der Waals surface area (Å²) in [4.78, 5) is 11.4. The first-order valence-corrected chi connectivity index (χ1v) is 12.7. The van der Waals surface area contributed by atoms with Crippen LogP contribution >= 0.6 is 12.4 Å². The Morgan fingerprint density at radius 1 is 0.974 bits per heavy atom. The molecule has 2 bridgehead atoms. The van der Waals surface area contributed by atoms with Crippen LogP contribution in [-0.4, -0.2) is 55.0 Å². The Morgan fingerprint density at radius 3 is 2.69 bits per heavy atom. The summed E-state index contributed by atoms with van der Waals surface area (Å²) >= 11 is 0. The lowest BCUT2D eigenvalue weighted by molar-refractivity contribution is 0.577. The summed E-state index contributed by atoms with van der Waals surface area (Å²) in [5.74, 6) is -0.241. The van der Waals surface area contributed by atoms with Gasteiger partial charge in [0, 0.05) is 66.0 Å². The number of aromatic amines is 1. The summed E-state index contributed by atoms with van der Waals surface area (Å²) in [6.45, 7) is 1.78. The second-order valence-corrected chi connectivity index (χ2v) is 9.97. The van der Waals surface area contributed by atoms with Gasteiger partial charge < -0.3 is 10.2 Å². The molecule has 2 aliphatic heterocycles. The van der Waals surface area contributed by atoms with Crippen molar-refractivity contribution in [1.82, 2.24) is 35.1 Å². The Labute approximate surface area is 229 Å². The predicted octanol–water partition coefficient (Wildman–Crippen LogP) is 5.11. The van der Waals surface area contributed by atoms with E-state index in [0.29, 0.717) is 12.1 Å². The lowest BCUT2D eigenvalue weighted by Gasteiger charge is -2.31. The zero-order valence-corrected chi connectivity index (χ0v) is 21.6. The number of benzene rings is 2. The Morgan fingerprint density at radius 2 is 1.87 bits per heavy atom. The maximum absolute atomic E-state index is 14.6. The zero-order valence-electron chi connectivity index (χ0n) is 20.8. The minimum Gasteiger partial charge on any atom is -0.365 e. The van der Waals surface area contributed by atoms with E-state index in [1.54, 1.807) is 18.5 Å². The van der Waals surface area contributed by atoms with E-state index in [1.807, 2.05) is 53.3 Å². The fraction of sp³-hybridized carbons (Fsp3) is 0.172. The molecule has 6 heterocycles. The number of piperazine rings is 1. The lowest BCUT2D eigenvalue weighted by Crippen LogP contribution is -2.43. The fourth-order valence-electron chi connectivity index (χ4n) is 6.11. The second kappa shape index (κ2) is 9.14. The summed E-state index contributed by atoms with van der Waals surface area (Å²) in [7, 11) is 0. The summed E-state index contributed by atoms with van der Waals surface area (Å²) in [5, 5.41) is 17.0. The predicted molar refractivity (Wildman–Crippen MR) is 151 cm³/mol. The van der Waals surface area contributed by atoms with Crippen LogP contribution in [0.4, 0.5) is 10.1 Å². The maximum atomic E-state index is 14.6. The van der Waals surface area contributed by atoms with Crippen molar-refractivity contribution in [2.45, 2.75) is 18.5 Å². The number of hydrogen-bond donors (Lipinski definition) is 2. The van der Waals surface area contributed by atoms with Gasteiger partial charge in [0.25, 0.3) is 0 Å². The molecule has 2 atom stereocenters. The molecule has 0 amide bonds. The van der Waals surface area contributed by atoms with Crippen molar-refractivity contribution in [3.05, 3.63) is 85.2 Å². The molecule has 0 spiro atoms. The molecule has 8 nitrogen and oxygen atoms in total. The molecule has 39 heavy (non-hydrogen) atoms. The van der Waals surface area contributed by atoms with Gasteiger partial charge >= 0.3 is 0 Å². The van der Waals surface area contributed by atoms with Crippen LogP contribution in [0.15, 0.2) is 79.4 Å². The third kappa shape index (κ3) is 3.69. The summed E-state index contributed by atoms with van der Waals surface area (Å²) in [5.41, 5.74) is 8.00. The lowest BCUT2D eigenvalue weighted by atomic mass is 9.99. The van der Waals surface area contributed by atoms with E-state index in [0.717, 1.165) is 75.4 Å². The van der Waals surface area contributed by atoms with Crippen molar-refractivity contribution in [2.24, 2.45) is 0 Å². The van der Waals surface area contributed by atoms with Crippen LogP contribution in [0.3, 0.4) is 0 Å². The Hall–Kier alpha value is -4.34. The molecule has 8 rings (SSSR count). The zero-order chi connectivity index (χ0) is 25.2. The van der Waals surface area contributed by atoms with Gasteiger partial charge in [-0.25, -0.2) is 13.9 Å². The number of halogens is 2. The first-order chi connectivity index (χ1) is 18.7. The highest BCUT2D eigenvalue weighted by atomic mass is 35.5. The third-order valence-electron chi connectivity index (χ3n) is 7.83. The topological polar surface area (TPSA) is 87.0 Å². The number of pyridine rings is 1. The van der Waals surface area contributed by atoms with Crippen molar-refractivity contribution in [3.63, 3.8) is 0 Å². The highest BCUT2D eigenvalue weighted by Gasteiger charge is 2.38. The number of fused-ring (bicyclic) bond motifs is 4. The fourth-order valence-corrected chi connectivity index (χ4v) is 6.11. The van der Waals surface area contributed by atoms with Crippen LogP contribution in [-0.2, 0) is 0 Å². The minimum absolute atomic E-state index is 0. The smallest absolute Gasteiger partial charge is 0.164 e. The molecule has 2 fully saturated rings. The molecule has 2 aromatic carbocycles. The standard InChI is InChI=1S/C29H23FN8.ClH/c30-18-4-5-22(26(12-18)37-16-19-13-20(37)14-33-19)25-8-11-32-29-27(21-2-1-3-24-23(21)15-34-35-24)28(36-38(25)29)17-6-9-31-10-7-17;/h1-12,15,19-20,33H,13-14,16H2,(H,34,35);1H/t19-,20-;/m0./s1. The molecule has 0 saturated carbocycles. The van der Waals surface area contributed by atoms with E-state index >= 15 is 0 Å². The van der Waals surface area contributed by atoms with Crippen LogP contribution in [0, 0.1) is 5.82 Å². The molecule has 194 valence electrons. The molecule has 2 aliphatic rings. The second-order valence-electron chi connectivity index (χ2n) is 9.97. The molecule has 4 aromatic heterocycles. The number of nitrogens with zero attached hydrogens (tertiary/aromatic N) is 6. The first-order valence-electron chi connectivity index (χ1n) is 12.7. The van der Waals surface area contributed by atoms with Gasteiger partial charge in [-0.2, -0.15) is 10.2 Å². The van der Waals surface area contributed by atoms with E-state index in [-0.39, 0.29) is 18.2 Å². The molecule has 6 aromatic rings. The van der Waals surface area contributed by atoms with Crippen LogP contribution < -0.4 is 10.2 Å². The van der Waals surface area contributed by atoms with Gasteiger partial charge in [-0.3, -0.25) is 10.1 Å². The average Bonchev–Trinajstić information content (AvgIpc) is 3.76. The van der Waals surface area contributed by atoms with Crippen LogP contribution in [0.5, 0.6) is 0 Å². The van der Waals surface area contributed by atoms with Gasteiger partial charge in [-0.05, 0) is 54.4 Å². The number of rotatable bonds is 4. The summed E-state index contributed by atoms with van der Waals surface area (Å²) < 4.78 is 16.5. The van der Waals surface area contributed by atoms with E-state index in [4.69, 9.17) is 10.1 Å². The van der Waals surface area contributed by atoms with Gasteiger partial charge in [0.05, 0.1) is 23.0 Å². The van der Waals surface area contributed by atoms with Gasteiger partial charge in [0.1, 0.15) is 11.5 Å². The molecular weight excluding hydrogens is 515 g/mol. The number of nitrogens with one attached hydrogen (secondary N) is 2. The first kappa shape index (κ1) is 23.8. The van der Waals surface area contributed by atoms with E-state index in [1.165, 1.54) is 6.07 Å². The average molecular weight is 539 g/mol. The molecular formula is C29H24ClFN8. The maximum Gasteiger partial charge on any atom is 0.164 e. The van der Waals surface area contributed by atoms with Gasteiger partial charge in [0.15, 0.2) is 5.65 Å². The van der Waals surface area contributed by atoms with Gasteiger partial charge in [-0.1, -0.05) is 12.1 Å². The van der Waals surface area contributed by atoms with Crippen molar-refractivity contribution in [3.8, 4) is 33.6 Å². The normalized spacial score (nSPS) is 18.2. The largest absolute Gasteiger partial charge is 0.365 e. The summed E-state index contributed by atoms with van der Waals surface area (Å²) in [6.07, 6.45) is 8.26. The summed E-state index contributed by atoms with van der Waals surface area (Å²) in [6, 6.07) is 17.8. The minimum atomic E-state index is -0.241. The van der Waals surface area contributed by atoms with Crippen molar-refractivity contribution in [1.29, 1.82) is 0 Å². The molecule has 0 radical (unpaired) electrons.